The van der Waals surface area contributed by atoms with E-state index in [2.05, 4.69) is 14.5 Å². The van der Waals surface area contributed by atoms with Crippen molar-refractivity contribution in [3.8, 4) is 0 Å². The second-order valence-electron chi connectivity index (χ2n) is 2.75. The highest BCUT2D eigenvalue weighted by Crippen LogP contribution is 2.05. The summed E-state index contributed by atoms with van der Waals surface area (Å²) < 4.78 is 4.65. The number of carbonyl (C=O) groups excluding carboxylic acids is 1. The van der Waals surface area contributed by atoms with Gasteiger partial charge in [0.2, 0.25) is 0 Å². The van der Waals surface area contributed by atoms with Crippen LogP contribution in [-0.4, -0.2) is 23.5 Å². The smallest absolute Gasteiger partial charge is 0.447 e. The summed E-state index contributed by atoms with van der Waals surface area (Å²) in [5, 5.41) is 7.98. The predicted molar refractivity (Wildman–Crippen MR) is 45.7 cm³/mol. The van der Waals surface area contributed by atoms with Crippen LogP contribution < -0.4 is 0 Å². The molecule has 1 unspecified atom stereocenters. The summed E-state index contributed by atoms with van der Waals surface area (Å²) in [4.78, 5) is 27.8. The Balaban J connectivity index is 3.55. The van der Waals surface area contributed by atoms with Crippen molar-refractivity contribution in [1.82, 2.24) is 0 Å². The van der Waals surface area contributed by atoms with Gasteiger partial charge in [0.25, 0.3) is 0 Å². The van der Waals surface area contributed by atoms with Gasteiger partial charge in [-0.3, -0.25) is 0 Å². The normalized spacial score (nSPS) is 11.6. The number of carbonyl (C=O) groups is 2. The highest BCUT2D eigenvalue weighted by Gasteiger charge is 2.13. The van der Waals surface area contributed by atoms with Crippen LogP contribution in [0.5, 0.6) is 0 Å². The molecule has 6 heteroatoms. The van der Waals surface area contributed by atoms with E-state index in [0.717, 1.165) is 12.8 Å². The monoisotopic (exact) mass is 206 g/mol. The molecular weight excluding hydrogens is 192 g/mol. The van der Waals surface area contributed by atoms with Crippen LogP contribution >= 0.6 is 0 Å². The molecule has 0 bridgehead atoms. The Labute approximate surface area is 81.7 Å². The molecule has 0 aliphatic heterocycles. The lowest BCUT2D eigenvalue weighted by atomic mass is 10.2. The lowest BCUT2D eigenvalue weighted by molar-refractivity contribution is -0.216. The minimum absolute atomic E-state index is 0.306. The lowest BCUT2D eigenvalue weighted by Crippen LogP contribution is -2.17. The van der Waals surface area contributed by atoms with E-state index in [0.29, 0.717) is 6.42 Å². The van der Waals surface area contributed by atoms with E-state index in [-0.39, 0.29) is 6.10 Å². The van der Waals surface area contributed by atoms with Crippen molar-refractivity contribution in [3.63, 3.8) is 0 Å². The number of carboxylic acid groups (broad SMARTS) is 1. The molecule has 0 fully saturated rings. The highest BCUT2D eigenvalue weighted by atomic mass is 17.3. The van der Waals surface area contributed by atoms with Crippen LogP contribution in [0.15, 0.2) is 0 Å². The third-order valence-electron chi connectivity index (χ3n) is 1.44. The molecule has 0 aliphatic carbocycles. The Morgan fingerprint density at radius 1 is 1.36 bits per heavy atom. The molecule has 1 atom stereocenters. The second kappa shape index (κ2) is 6.99. The fourth-order valence-corrected chi connectivity index (χ4v) is 0.804. The van der Waals surface area contributed by atoms with E-state index in [1.54, 1.807) is 6.92 Å². The van der Waals surface area contributed by atoms with Crippen LogP contribution in [0.4, 0.5) is 9.59 Å². The molecule has 0 heterocycles. The fourth-order valence-electron chi connectivity index (χ4n) is 0.804. The molecule has 0 saturated carbocycles. The molecule has 0 rings (SSSR count). The molecule has 0 spiro atoms. The molecule has 0 aliphatic rings. The largest absolute Gasteiger partial charge is 0.550 e. The van der Waals surface area contributed by atoms with Gasteiger partial charge in [-0.05, 0) is 13.3 Å². The maximum absolute atomic E-state index is 10.7. The van der Waals surface area contributed by atoms with E-state index >= 15 is 0 Å². The van der Waals surface area contributed by atoms with Gasteiger partial charge in [0.15, 0.2) is 0 Å². The predicted octanol–water partition coefficient (Wildman–Crippen LogP) is 2.33. The zero-order chi connectivity index (χ0) is 11.0. The number of unbranched alkanes of at least 4 members (excludes halogenated alkanes) is 1. The van der Waals surface area contributed by atoms with Gasteiger partial charge < -0.3 is 9.84 Å². The van der Waals surface area contributed by atoms with Crippen molar-refractivity contribution in [3.05, 3.63) is 0 Å². The summed E-state index contributed by atoms with van der Waals surface area (Å²) in [6.45, 7) is 3.70. The summed E-state index contributed by atoms with van der Waals surface area (Å²) in [5.74, 6) is 0. The van der Waals surface area contributed by atoms with Gasteiger partial charge >= 0.3 is 12.3 Å². The summed E-state index contributed by atoms with van der Waals surface area (Å²) in [6, 6.07) is 0. The van der Waals surface area contributed by atoms with Gasteiger partial charge in [0.05, 0.1) is 0 Å². The Kier molecular flexibility index (Phi) is 6.26. The van der Waals surface area contributed by atoms with Crippen LogP contribution in [-0.2, 0) is 14.5 Å². The van der Waals surface area contributed by atoms with Gasteiger partial charge in [-0.1, -0.05) is 19.8 Å². The first-order valence-corrected chi connectivity index (χ1v) is 4.34. The van der Waals surface area contributed by atoms with E-state index in [9.17, 15) is 9.59 Å². The zero-order valence-electron chi connectivity index (χ0n) is 8.19. The van der Waals surface area contributed by atoms with Crippen molar-refractivity contribution in [2.45, 2.75) is 39.2 Å². The molecule has 82 valence electrons. The summed E-state index contributed by atoms with van der Waals surface area (Å²) >= 11 is 0. The number of ether oxygens (including phenoxy) is 1. The molecule has 0 aromatic rings. The van der Waals surface area contributed by atoms with Crippen molar-refractivity contribution >= 4 is 12.3 Å². The summed E-state index contributed by atoms with van der Waals surface area (Å²) in [6.07, 6.45) is -0.514. The van der Waals surface area contributed by atoms with Crippen LogP contribution in [0.2, 0.25) is 0 Å². The second-order valence-corrected chi connectivity index (χ2v) is 2.75. The number of rotatable bonds is 4. The Hall–Kier alpha value is -1.46. The molecule has 0 amide bonds. The summed E-state index contributed by atoms with van der Waals surface area (Å²) in [5.41, 5.74) is 0. The Morgan fingerprint density at radius 2 is 2.00 bits per heavy atom. The lowest BCUT2D eigenvalue weighted by Gasteiger charge is -2.10. The molecule has 14 heavy (non-hydrogen) atoms. The van der Waals surface area contributed by atoms with E-state index in [4.69, 9.17) is 5.11 Å². The van der Waals surface area contributed by atoms with Crippen LogP contribution in [0, 0.1) is 0 Å². The van der Waals surface area contributed by atoms with E-state index < -0.39 is 12.3 Å². The molecular formula is C8H14O6. The topological polar surface area (TPSA) is 82.1 Å². The maximum Gasteiger partial charge on any atom is 0.550 e. The molecule has 0 radical (unpaired) electrons. The summed E-state index contributed by atoms with van der Waals surface area (Å²) in [7, 11) is 0. The minimum atomic E-state index is -1.69. The van der Waals surface area contributed by atoms with Gasteiger partial charge in [-0.15, -0.1) is 0 Å². The fraction of sp³-hybridized carbons (Fsp3) is 0.750. The van der Waals surface area contributed by atoms with Crippen LogP contribution in [0.25, 0.3) is 0 Å². The highest BCUT2D eigenvalue weighted by molar-refractivity contribution is 5.62. The van der Waals surface area contributed by atoms with Gasteiger partial charge in [0.1, 0.15) is 6.10 Å². The standard InChI is InChI=1S/C8H14O6/c1-3-4-5-6(2)12-8(11)14-13-7(9)10/h6H,3-5H2,1-2H3,(H,9,10). The first kappa shape index (κ1) is 12.5. The maximum atomic E-state index is 10.7. The minimum Gasteiger partial charge on any atom is -0.447 e. The molecule has 0 saturated heterocycles. The zero-order valence-corrected chi connectivity index (χ0v) is 8.19. The van der Waals surface area contributed by atoms with E-state index in [1.807, 2.05) is 6.92 Å². The van der Waals surface area contributed by atoms with Crippen molar-refractivity contribution in [2.75, 3.05) is 0 Å². The molecule has 1 N–H and O–H groups in total. The van der Waals surface area contributed by atoms with E-state index in [1.165, 1.54) is 0 Å². The first-order chi connectivity index (χ1) is 6.56. The molecule has 6 nitrogen and oxygen atoms in total. The number of hydrogen-bond donors (Lipinski definition) is 1. The molecule has 0 aromatic carbocycles. The van der Waals surface area contributed by atoms with Gasteiger partial charge in [-0.2, -0.15) is 9.68 Å². The van der Waals surface area contributed by atoms with Gasteiger partial charge in [-0.25, -0.2) is 9.68 Å². The van der Waals surface area contributed by atoms with Gasteiger partial charge in [0, 0.05) is 0 Å². The number of hydrogen-bond acceptors (Lipinski definition) is 5. The average molecular weight is 206 g/mol. The SMILES string of the molecule is CCCCC(C)OC(=O)OOC(=O)O. The van der Waals surface area contributed by atoms with Crippen LogP contribution in [0.3, 0.4) is 0 Å². The Bertz CT molecular complexity index is 190. The first-order valence-electron chi connectivity index (χ1n) is 4.34. The average Bonchev–Trinajstić information content (AvgIpc) is 2.11. The van der Waals surface area contributed by atoms with Crippen molar-refractivity contribution in [1.29, 1.82) is 0 Å². The third-order valence-corrected chi connectivity index (χ3v) is 1.44. The third kappa shape index (κ3) is 7.20. The van der Waals surface area contributed by atoms with Crippen molar-refractivity contribution in [2.24, 2.45) is 0 Å². The van der Waals surface area contributed by atoms with Crippen molar-refractivity contribution < 1.29 is 29.2 Å². The van der Waals surface area contributed by atoms with Crippen LogP contribution in [0.1, 0.15) is 33.1 Å². The Morgan fingerprint density at radius 3 is 2.50 bits per heavy atom. The quantitative estimate of drug-likeness (QED) is 0.431. The molecule has 0 aromatic heterocycles.